The van der Waals surface area contributed by atoms with E-state index >= 15 is 0 Å². The number of alkyl halides is 3. The van der Waals surface area contributed by atoms with E-state index in [9.17, 15) is 27.6 Å². The van der Waals surface area contributed by atoms with Gasteiger partial charge in [-0.1, -0.05) is 11.6 Å². The molecule has 1 saturated carbocycles. The maximum atomic E-state index is 12.9. The summed E-state index contributed by atoms with van der Waals surface area (Å²) in [5, 5.41) is 5.57. The van der Waals surface area contributed by atoms with Crippen molar-refractivity contribution < 1.29 is 27.6 Å². The molecule has 1 aromatic heterocycles. The molecule has 2 aliphatic rings. The summed E-state index contributed by atoms with van der Waals surface area (Å²) < 4.78 is 38.8. The van der Waals surface area contributed by atoms with Gasteiger partial charge in [-0.05, 0) is 49.4 Å². The summed E-state index contributed by atoms with van der Waals surface area (Å²) in [5.41, 5.74) is -1.50. The number of nitrogens with one attached hydrogen (secondary N) is 2. The molecule has 1 aliphatic carbocycles. The van der Waals surface area contributed by atoms with Crippen molar-refractivity contribution in [2.24, 2.45) is 5.92 Å². The highest BCUT2D eigenvalue weighted by Gasteiger charge is 2.56. The van der Waals surface area contributed by atoms with E-state index in [0.29, 0.717) is 4.88 Å². The van der Waals surface area contributed by atoms with Gasteiger partial charge in [0.05, 0.1) is 5.56 Å². The molecule has 0 unspecified atom stereocenters. The molecule has 32 heavy (non-hydrogen) atoms. The van der Waals surface area contributed by atoms with Crippen LogP contribution in [-0.2, 0) is 22.2 Å². The Hall–Kier alpha value is -2.66. The smallest absolute Gasteiger partial charge is 0.323 e. The molecule has 1 atom stereocenters. The summed E-state index contributed by atoms with van der Waals surface area (Å²) in [6.45, 7) is 1.20. The first-order valence-corrected chi connectivity index (χ1v) is 10.9. The molecule has 2 aromatic rings. The minimum Gasteiger partial charge on any atom is -0.323 e. The van der Waals surface area contributed by atoms with Gasteiger partial charge in [0, 0.05) is 22.5 Å². The fourth-order valence-corrected chi connectivity index (χ4v) is 4.66. The lowest BCUT2D eigenvalue weighted by atomic mass is 9.96. The van der Waals surface area contributed by atoms with E-state index < -0.39 is 41.7 Å². The van der Waals surface area contributed by atoms with Crippen LogP contribution >= 0.6 is 22.9 Å². The lowest BCUT2D eigenvalue weighted by Gasteiger charge is -2.20. The number of carbonyl (C=O) groups excluding carboxylic acids is 3. The normalized spacial score (nSPS) is 21.1. The summed E-state index contributed by atoms with van der Waals surface area (Å²) in [7, 11) is 0. The van der Waals surface area contributed by atoms with Crippen LogP contribution in [0.4, 0.5) is 23.1 Å². The maximum Gasteiger partial charge on any atom is 0.416 e. The van der Waals surface area contributed by atoms with Crippen molar-refractivity contribution in [3.05, 3.63) is 45.4 Å². The standard InChI is InChI=1S/C20H18ClF3N4O3S/c1-19(11-2-3-11)16(30)28(18(31)27-19)9-15(29)26-17-25-8-13(32-17)7-10-6-12(20(22,23)24)4-5-14(10)21/h4-6,8,11H,2-3,7,9H2,1H3,(H,27,31)(H,25,26,29)/t19-/m0/s1. The van der Waals surface area contributed by atoms with Crippen LogP contribution in [0.25, 0.3) is 0 Å². The van der Waals surface area contributed by atoms with Crippen LogP contribution in [0.1, 0.15) is 35.8 Å². The highest BCUT2D eigenvalue weighted by Crippen LogP contribution is 2.42. The molecule has 0 bridgehead atoms. The number of benzene rings is 1. The Bertz CT molecular complexity index is 1100. The quantitative estimate of drug-likeness (QED) is 0.602. The molecule has 4 rings (SSSR count). The second-order valence-electron chi connectivity index (χ2n) is 7.96. The average Bonchev–Trinajstić information content (AvgIpc) is 3.44. The van der Waals surface area contributed by atoms with Gasteiger partial charge in [0.15, 0.2) is 5.13 Å². The number of carbonyl (C=O) groups is 3. The predicted octanol–water partition coefficient (Wildman–Crippen LogP) is 4.07. The van der Waals surface area contributed by atoms with E-state index in [4.69, 9.17) is 11.6 Å². The predicted molar refractivity (Wildman–Crippen MR) is 111 cm³/mol. The maximum absolute atomic E-state index is 12.9. The molecular formula is C20H18ClF3N4O3S. The molecule has 1 aliphatic heterocycles. The SMILES string of the molecule is C[C@@]1(C2CC2)NC(=O)N(CC(=O)Nc2ncc(Cc3cc(C(F)(F)F)ccc3Cl)s2)C1=O. The van der Waals surface area contributed by atoms with E-state index in [-0.39, 0.29) is 28.1 Å². The number of thiazole rings is 1. The van der Waals surface area contributed by atoms with E-state index in [1.807, 2.05) is 0 Å². The average molecular weight is 487 g/mol. The number of hydrogen-bond donors (Lipinski definition) is 2. The van der Waals surface area contributed by atoms with Crippen LogP contribution in [0.15, 0.2) is 24.4 Å². The van der Waals surface area contributed by atoms with E-state index in [1.165, 1.54) is 12.3 Å². The van der Waals surface area contributed by atoms with Crippen molar-refractivity contribution in [2.45, 2.75) is 37.9 Å². The second-order valence-corrected chi connectivity index (χ2v) is 9.48. The largest absolute Gasteiger partial charge is 0.416 e. The minimum atomic E-state index is -4.49. The third-order valence-electron chi connectivity index (χ3n) is 5.53. The number of amides is 4. The molecule has 1 aromatic carbocycles. The zero-order valence-electron chi connectivity index (χ0n) is 16.8. The number of hydrogen-bond acceptors (Lipinski definition) is 5. The highest BCUT2D eigenvalue weighted by atomic mass is 35.5. The number of imide groups is 1. The molecule has 12 heteroatoms. The summed E-state index contributed by atoms with van der Waals surface area (Å²) in [4.78, 5) is 42.6. The van der Waals surface area contributed by atoms with Gasteiger partial charge >= 0.3 is 12.2 Å². The summed E-state index contributed by atoms with van der Waals surface area (Å²) in [5.74, 6) is -0.957. The fraction of sp³-hybridized carbons (Fsp3) is 0.400. The van der Waals surface area contributed by atoms with Crippen LogP contribution in [-0.4, -0.2) is 39.8 Å². The van der Waals surface area contributed by atoms with Crippen LogP contribution in [0, 0.1) is 5.92 Å². The molecule has 2 fully saturated rings. The Labute approximate surface area is 189 Å². The Morgan fingerprint density at radius 3 is 2.75 bits per heavy atom. The van der Waals surface area contributed by atoms with Crippen LogP contribution in [0.2, 0.25) is 5.02 Å². The third kappa shape index (κ3) is 4.44. The lowest BCUT2D eigenvalue weighted by Crippen LogP contribution is -2.46. The molecule has 2 N–H and O–H groups in total. The number of aromatic nitrogens is 1. The molecule has 4 amide bonds. The molecule has 1 saturated heterocycles. The van der Waals surface area contributed by atoms with Crippen molar-refractivity contribution in [3.8, 4) is 0 Å². The van der Waals surface area contributed by atoms with Crippen LogP contribution < -0.4 is 10.6 Å². The van der Waals surface area contributed by atoms with E-state index in [2.05, 4.69) is 15.6 Å². The summed E-state index contributed by atoms with van der Waals surface area (Å²) in [6.07, 6.45) is -1.26. The molecule has 170 valence electrons. The van der Waals surface area contributed by atoms with Crippen molar-refractivity contribution in [2.75, 3.05) is 11.9 Å². The topological polar surface area (TPSA) is 91.4 Å². The van der Waals surface area contributed by atoms with Gasteiger partial charge in [-0.25, -0.2) is 9.78 Å². The molecular weight excluding hydrogens is 469 g/mol. The van der Waals surface area contributed by atoms with Crippen molar-refractivity contribution >= 4 is 45.9 Å². The third-order valence-corrected chi connectivity index (χ3v) is 6.82. The number of rotatable bonds is 6. The molecule has 2 heterocycles. The number of urea groups is 1. The van der Waals surface area contributed by atoms with Crippen LogP contribution in [0.3, 0.4) is 0 Å². The monoisotopic (exact) mass is 486 g/mol. The molecule has 7 nitrogen and oxygen atoms in total. The van der Waals surface area contributed by atoms with Gasteiger partial charge in [-0.3, -0.25) is 14.5 Å². The zero-order valence-corrected chi connectivity index (χ0v) is 18.3. The van der Waals surface area contributed by atoms with E-state index in [0.717, 1.165) is 41.2 Å². The van der Waals surface area contributed by atoms with Gasteiger partial charge in [-0.2, -0.15) is 13.2 Å². The molecule has 0 spiro atoms. The number of halogens is 4. The Balaban J connectivity index is 1.39. The first-order valence-electron chi connectivity index (χ1n) is 9.71. The van der Waals surface area contributed by atoms with Gasteiger partial charge in [0.25, 0.3) is 5.91 Å². The Morgan fingerprint density at radius 2 is 2.09 bits per heavy atom. The van der Waals surface area contributed by atoms with Gasteiger partial charge in [-0.15, -0.1) is 11.3 Å². The van der Waals surface area contributed by atoms with E-state index in [1.54, 1.807) is 6.92 Å². The summed E-state index contributed by atoms with van der Waals surface area (Å²) in [6, 6.07) is 2.47. The van der Waals surface area contributed by atoms with Crippen molar-refractivity contribution in [3.63, 3.8) is 0 Å². The number of anilines is 1. The highest BCUT2D eigenvalue weighted by molar-refractivity contribution is 7.15. The second kappa shape index (κ2) is 8.04. The zero-order chi connectivity index (χ0) is 23.3. The Morgan fingerprint density at radius 1 is 1.38 bits per heavy atom. The lowest BCUT2D eigenvalue weighted by molar-refractivity contribution is -0.137. The first kappa shape index (κ1) is 22.5. The van der Waals surface area contributed by atoms with Gasteiger partial charge in [0.2, 0.25) is 5.91 Å². The minimum absolute atomic E-state index is 0.0798. The Kier molecular flexibility index (Phi) is 5.66. The number of nitrogens with zero attached hydrogens (tertiary/aromatic N) is 2. The summed E-state index contributed by atoms with van der Waals surface area (Å²) >= 11 is 7.10. The van der Waals surface area contributed by atoms with Crippen molar-refractivity contribution in [1.29, 1.82) is 0 Å². The van der Waals surface area contributed by atoms with Crippen molar-refractivity contribution in [1.82, 2.24) is 15.2 Å². The van der Waals surface area contributed by atoms with Gasteiger partial charge < -0.3 is 10.6 Å². The van der Waals surface area contributed by atoms with Gasteiger partial charge in [0.1, 0.15) is 12.1 Å². The molecule has 0 radical (unpaired) electrons. The van der Waals surface area contributed by atoms with Crippen LogP contribution in [0.5, 0.6) is 0 Å². The fourth-order valence-electron chi connectivity index (χ4n) is 3.62. The first-order chi connectivity index (χ1) is 15.0.